The second kappa shape index (κ2) is 6.15. The largest absolute Gasteiger partial charge is 0.367 e. The van der Waals surface area contributed by atoms with Crippen molar-refractivity contribution in [3.8, 4) is 6.07 Å². The fourth-order valence-corrected chi connectivity index (χ4v) is 1.40. The van der Waals surface area contributed by atoms with Gasteiger partial charge in [-0.2, -0.15) is 5.26 Å². The number of rotatable bonds is 5. The molecule has 2 aromatic heterocycles. The van der Waals surface area contributed by atoms with E-state index in [0.29, 0.717) is 24.5 Å². The normalized spacial score (nSPS) is 9.50. The van der Waals surface area contributed by atoms with E-state index in [-0.39, 0.29) is 0 Å². The first-order chi connectivity index (χ1) is 8.90. The number of pyridine rings is 1. The minimum atomic E-state index is 0.539. The molecular formula is C12H12N6. The minimum absolute atomic E-state index is 0.539. The molecule has 0 aliphatic rings. The number of hydrogen-bond acceptors (Lipinski definition) is 6. The Morgan fingerprint density at radius 3 is 2.78 bits per heavy atom. The lowest BCUT2D eigenvalue weighted by molar-refractivity contribution is 1.03. The van der Waals surface area contributed by atoms with Gasteiger partial charge in [0.05, 0.1) is 11.8 Å². The van der Waals surface area contributed by atoms with Gasteiger partial charge in [-0.15, -0.1) is 0 Å². The highest BCUT2D eigenvalue weighted by atomic mass is 15.0. The molecule has 0 atom stereocenters. The van der Waals surface area contributed by atoms with Crippen molar-refractivity contribution in [2.45, 2.75) is 0 Å². The Kier molecular flexibility index (Phi) is 4.03. The zero-order valence-corrected chi connectivity index (χ0v) is 9.67. The molecule has 0 saturated carbocycles. The van der Waals surface area contributed by atoms with Gasteiger partial charge in [0.1, 0.15) is 17.7 Å². The molecule has 2 aromatic rings. The third kappa shape index (κ3) is 3.15. The molecule has 0 bridgehead atoms. The summed E-state index contributed by atoms with van der Waals surface area (Å²) < 4.78 is 0. The van der Waals surface area contributed by atoms with Crippen LogP contribution in [-0.4, -0.2) is 28.0 Å². The van der Waals surface area contributed by atoms with Gasteiger partial charge >= 0.3 is 0 Å². The summed E-state index contributed by atoms with van der Waals surface area (Å²) in [6.07, 6.45) is 6.56. The smallest absolute Gasteiger partial charge is 0.144 e. The maximum atomic E-state index is 8.89. The van der Waals surface area contributed by atoms with Crippen molar-refractivity contribution in [2.75, 3.05) is 23.7 Å². The van der Waals surface area contributed by atoms with Crippen LogP contribution in [0.5, 0.6) is 0 Å². The first kappa shape index (κ1) is 11.8. The molecule has 0 aliphatic carbocycles. The predicted octanol–water partition coefficient (Wildman–Crippen LogP) is 1.27. The Labute approximate surface area is 105 Å². The van der Waals surface area contributed by atoms with E-state index in [1.165, 1.54) is 0 Å². The third-order valence-corrected chi connectivity index (χ3v) is 2.21. The molecule has 0 saturated heterocycles. The molecule has 6 nitrogen and oxygen atoms in total. The SMILES string of the molecule is N#Cc1cccnc1NCCNc1cnccn1. The van der Waals surface area contributed by atoms with E-state index in [1.807, 2.05) is 0 Å². The van der Waals surface area contributed by atoms with E-state index in [1.54, 1.807) is 36.9 Å². The fraction of sp³-hybridized carbons (Fsp3) is 0.167. The standard InChI is InChI=1S/C12H12N6/c13-8-10-2-1-3-17-12(10)18-7-6-16-11-9-14-4-5-15-11/h1-5,9H,6-7H2,(H,15,16)(H,17,18). The van der Waals surface area contributed by atoms with Crippen LogP contribution < -0.4 is 10.6 Å². The highest BCUT2D eigenvalue weighted by molar-refractivity contribution is 5.51. The summed E-state index contributed by atoms with van der Waals surface area (Å²) in [4.78, 5) is 12.1. The minimum Gasteiger partial charge on any atom is -0.367 e. The average Bonchev–Trinajstić information content (AvgIpc) is 2.45. The second-order valence-electron chi connectivity index (χ2n) is 3.46. The van der Waals surface area contributed by atoms with Crippen molar-refractivity contribution in [3.63, 3.8) is 0 Å². The molecule has 90 valence electrons. The lowest BCUT2D eigenvalue weighted by Gasteiger charge is -2.07. The first-order valence-corrected chi connectivity index (χ1v) is 5.49. The lowest BCUT2D eigenvalue weighted by Crippen LogP contribution is -2.15. The van der Waals surface area contributed by atoms with Crippen LogP contribution in [-0.2, 0) is 0 Å². The van der Waals surface area contributed by atoms with Gasteiger partial charge in [-0.1, -0.05) is 0 Å². The number of nitrogens with one attached hydrogen (secondary N) is 2. The quantitative estimate of drug-likeness (QED) is 0.765. The molecule has 0 fully saturated rings. The highest BCUT2D eigenvalue weighted by Crippen LogP contribution is 2.08. The molecule has 2 rings (SSSR count). The molecule has 0 spiro atoms. The molecular weight excluding hydrogens is 228 g/mol. The van der Waals surface area contributed by atoms with Gasteiger partial charge < -0.3 is 10.6 Å². The second-order valence-corrected chi connectivity index (χ2v) is 3.46. The van der Waals surface area contributed by atoms with Gasteiger partial charge in [-0.05, 0) is 12.1 Å². The zero-order valence-electron chi connectivity index (χ0n) is 9.67. The van der Waals surface area contributed by atoms with Crippen LogP contribution in [0.3, 0.4) is 0 Å². The van der Waals surface area contributed by atoms with E-state index < -0.39 is 0 Å². The monoisotopic (exact) mass is 240 g/mol. The van der Waals surface area contributed by atoms with Crippen LogP contribution >= 0.6 is 0 Å². The third-order valence-electron chi connectivity index (χ3n) is 2.21. The molecule has 6 heteroatoms. The number of aromatic nitrogens is 3. The molecule has 0 aliphatic heterocycles. The van der Waals surface area contributed by atoms with Gasteiger partial charge in [-0.25, -0.2) is 9.97 Å². The van der Waals surface area contributed by atoms with E-state index in [9.17, 15) is 0 Å². The van der Waals surface area contributed by atoms with Crippen molar-refractivity contribution in [3.05, 3.63) is 42.5 Å². The van der Waals surface area contributed by atoms with Crippen molar-refractivity contribution < 1.29 is 0 Å². The molecule has 0 aromatic carbocycles. The maximum absolute atomic E-state index is 8.89. The fourth-order valence-electron chi connectivity index (χ4n) is 1.40. The predicted molar refractivity (Wildman–Crippen MR) is 68.0 cm³/mol. The Morgan fingerprint density at radius 1 is 1.11 bits per heavy atom. The summed E-state index contributed by atoms with van der Waals surface area (Å²) in [5.74, 6) is 1.32. The van der Waals surface area contributed by atoms with Crippen molar-refractivity contribution in [1.29, 1.82) is 5.26 Å². The van der Waals surface area contributed by atoms with Gasteiger partial charge in [0, 0.05) is 31.7 Å². The highest BCUT2D eigenvalue weighted by Gasteiger charge is 2.00. The number of anilines is 2. The molecule has 2 N–H and O–H groups in total. The zero-order chi connectivity index (χ0) is 12.6. The van der Waals surface area contributed by atoms with Gasteiger partial charge in [0.15, 0.2) is 0 Å². The number of nitrogens with zero attached hydrogens (tertiary/aromatic N) is 4. The van der Waals surface area contributed by atoms with Gasteiger partial charge in [-0.3, -0.25) is 4.98 Å². The Balaban J connectivity index is 1.81. The molecule has 0 amide bonds. The van der Waals surface area contributed by atoms with Crippen molar-refractivity contribution in [2.24, 2.45) is 0 Å². The Morgan fingerprint density at radius 2 is 2.00 bits per heavy atom. The van der Waals surface area contributed by atoms with Crippen LogP contribution in [0.15, 0.2) is 36.9 Å². The summed E-state index contributed by atoms with van der Waals surface area (Å²) in [6.45, 7) is 1.31. The topological polar surface area (TPSA) is 86.5 Å². The molecule has 0 unspecified atom stereocenters. The van der Waals surface area contributed by atoms with Crippen LogP contribution in [0.2, 0.25) is 0 Å². The summed E-state index contributed by atoms with van der Waals surface area (Å²) in [5, 5.41) is 15.1. The first-order valence-electron chi connectivity index (χ1n) is 5.49. The van der Waals surface area contributed by atoms with E-state index >= 15 is 0 Å². The van der Waals surface area contributed by atoms with Gasteiger partial charge in [0.2, 0.25) is 0 Å². The lowest BCUT2D eigenvalue weighted by atomic mass is 10.3. The average molecular weight is 240 g/mol. The molecule has 18 heavy (non-hydrogen) atoms. The summed E-state index contributed by atoms with van der Waals surface area (Å²) in [5.41, 5.74) is 0.539. The van der Waals surface area contributed by atoms with E-state index in [0.717, 1.165) is 5.82 Å². The van der Waals surface area contributed by atoms with Crippen LogP contribution in [0.25, 0.3) is 0 Å². The summed E-state index contributed by atoms with van der Waals surface area (Å²) in [7, 11) is 0. The van der Waals surface area contributed by atoms with Crippen LogP contribution in [0, 0.1) is 11.3 Å². The van der Waals surface area contributed by atoms with E-state index in [2.05, 4.69) is 31.7 Å². The van der Waals surface area contributed by atoms with E-state index in [4.69, 9.17) is 5.26 Å². The number of hydrogen-bond donors (Lipinski definition) is 2. The summed E-state index contributed by atoms with van der Waals surface area (Å²) >= 11 is 0. The number of nitriles is 1. The van der Waals surface area contributed by atoms with Gasteiger partial charge in [0.25, 0.3) is 0 Å². The van der Waals surface area contributed by atoms with Crippen LogP contribution in [0.4, 0.5) is 11.6 Å². The van der Waals surface area contributed by atoms with Crippen molar-refractivity contribution >= 4 is 11.6 Å². The Hall–Kier alpha value is -2.68. The Bertz CT molecular complexity index is 534. The van der Waals surface area contributed by atoms with Crippen molar-refractivity contribution in [1.82, 2.24) is 15.0 Å². The molecule has 2 heterocycles. The maximum Gasteiger partial charge on any atom is 0.144 e. The van der Waals surface area contributed by atoms with Crippen LogP contribution in [0.1, 0.15) is 5.56 Å². The molecule has 0 radical (unpaired) electrons. The summed E-state index contributed by atoms with van der Waals surface area (Å²) in [6, 6.07) is 5.55.